The molecule has 1 fully saturated rings. The van der Waals surface area contributed by atoms with Crippen molar-refractivity contribution in [2.24, 2.45) is 11.7 Å². The molecule has 0 bridgehead atoms. The van der Waals surface area contributed by atoms with Crippen LogP contribution >= 0.6 is 0 Å². The standard InChI is InChI=1S/C12H15F2NO2/c13-9-3-4-10(14)11(5-9)17-7-12(15,6-16)8-1-2-8/h3-5,8,16H,1-2,6-7,15H2. The van der Waals surface area contributed by atoms with Crippen LogP contribution in [0.4, 0.5) is 8.78 Å². The molecule has 1 aromatic carbocycles. The highest BCUT2D eigenvalue weighted by molar-refractivity contribution is 5.25. The Kier molecular flexibility index (Phi) is 3.31. The van der Waals surface area contributed by atoms with E-state index in [0.717, 1.165) is 31.0 Å². The minimum atomic E-state index is -0.862. The Labute approximate surface area is 98.2 Å². The van der Waals surface area contributed by atoms with Crippen molar-refractivity contribution in [1.29, 1.82) is 0 Å². The molecule has 0 saturated heterocycles. The zero-order chi connectivity index (χ0) is 12.5. The molecule has 5 heteroatoms. The van der Waals surface area contributed by atoms with Crippen LogP contribution in [0.25, 0.3) is 0 Å². The number of hydrogen-bond donors (Lipinski definition) is 2. The summed E-state index contributed by atoms with van der Waals surface area (Å²) in [5.74, 6) is -1.18. The van der Waals surface area contributed by atoms with Gasteiger partial charge in [0.15, 0.2) is 11.6 Å². The van der Waals surface area contributed by atoms with Gasteiger partial charge in [-0.3, -0.25) is 0 Å². The summed E-state index contributed by atoms with van der Waals surface area (Å²) < 4.78 is 31.3. The van der Waals surface area contributed by atoms with Crippen molar-refractivity contribution in [3.63, 3.8) is 0 Å². The van der Waals surface area contributed by atoms with Crippen molar-refractivity contribution in [3.8, 4) is 5.75 Å². The molecule has 1 aliphatic rings. The molecule has 0 amide bonds. The average Bonchev–Trinajstić information content (AvgIpc) is 3.14. The number of aliphatic hydroxyl groups is 1. The minimum absolute atomic E-state index is 0.0193. The molecule has 3 nitrogen and oxygen atoms in total. The van der Waals surface area contributed by atoms with Gasteiger partial charge in [0.2, 0.25) is 0 Å². The molecule has 94 valence electrons. The predicted molar refractivity (Wildman–Crippen MR) is 58.6 cm³/mol. The first kappa shape index (κ1) is 12.3. The Bertz CT molecular complexity index is 409. The second-order valence-corrected chi connectivity index (χ2v) is 4.53. The van der Waals surface area contributed by atoms with Crippen molar-refractivity contribution in [3.05, 3.63) is 29.8 Å². The van der Waals surface area contributed by atoms with Crippen LogP contribution in [0.15, 0.2) is 18.2 Å². The molecule has 1 unspecified atom stereocenters. The van der Waals surface area contributed by atoms with Crippen molar-refractivity contribution in [1.82, 2.24) is 0 Å². The first-order valence-corrected chi connectivity index (χ1v) is 5.53. The van der Waals surface area contributed by atoms with Gasteiger partial charge in [-0.25, -0.2) is 8.78 Å². The predicted octanol–water partition coefficient (Wildman–Crippen LogP) is 1.44. The number of ether oxygens (including phenoxy) is 1. The van der Waals surface area contributed by atoms with E-state index in [0.29, 0.717) is 0 Å². The van der Waals surface area contributed by atoms with Gasteiger partial charge < -0.3 is 15.6 Å². The number of hydrogen-bond acceptors (Lipinski definition) is 3. The first-order chi connectivity index (χ1) is 8.05. The average molecular weight is 243 g/mol. The number of halogens is 2. The lowest BCUT2D eigenvalue weighted by Gasteiger charge is -2.27. The number of benzene rings is 1. The highest BCUT2D eigenvalue weighted by Crippen LogP contribution is 2.38. The highest BCUT2D eigenvalue weighted by atomic mass is 19.1. The van der Waals surface area contributed by atoms with Gasteiger partial charge in [-0.2, -0.15) is 0 Å². The monoisotopic (exact) mass is 243 g/mol. The van der Waals surface area contributed by atoms with E-state index in [-0.39, 0.29) is 24.9 Å². The molecule has 3 N–H and O–H groups in total. The van der Waals surface area contributed by atoms with E-state index >= 15 is 0 Å². The van der Waals surface area contributed by atoms with Crippen LogP contribution in [-0.4, -0.2) is 23.9 Å². The third-order valence-corrected chi connectivity index (χ3v) is 3.07. The van der Waals surface area contributed by atoms with Gasteiger partial charge in [0.25, 0.3) is 0 Å². The maximum absolute atomic E-state index is 13.3. The Morgan fingerprint density at radius 1 is 1.41 bits per heavy atom. The van der Waals surface area contributed by atoms with Gasteiger partial charge in [-0.15, -0.1) is 0 Å². The van der Waals surface area contributed by atoms with Gasteiger partial charge in [-0.05, 0) is 30.9 Å². The fraction of sp³-hybridized carbons (Fsp3) is 0.500. The number of rotatable bonds is 5. The second kappa shape index (κ2) is 4.58. The molecule has 2 rings (SSSR count). The summed E-state index contributed by atoms with van der Waals surface area (Å²) in [6.07, 6.45) is 1.87. The van der Waals surface area contributed by atoms with Gasteiger partial charge in [0, 0.05) is 6.07 Å². The van der Waals surface area contributed by atoms with Crippen LogP contribution in [0.1, 0.15) is 12.8 Å². The van der Waals surface area contributed by atoms with Crippen LogP contribution in [0, 0.1) is 17.6 Å². The lowest BCUT2D eigenvalue weighted by molar-refractivity contribution is 0.114. The maximum Gasteiger partial charge on any atom is 0.165 e. The topological polar surface area (TPSA) is 55.5 Å². The summed E-state index contributed by atoms with van der Waals surface area (Å²) in [5, 5.41) is 9.22. The Balaban J connectivity index is 2.03. The molecule has 1 aromatic rings. The second-order valence-electron chi connectivity index (χ2n) is 4.53. The molecule has 0 heterocycles. The van der Waals surface area contributed by atoms with Gasteiger partial charge >= 0.3 is 0 Å². The van der Waals surface area contributed by atoms with Crippen LogP contribution in [0.5, 0.6) is 5.75 Å². The third kappa shape index (κ3) is 2.73. The number of aliphatic hydroxyl groups excluding tert-OH is 1. The van der Waals surface area contributed by atoms with Crippen LogP contribution < -0.4 is 10.5 Å². The van der Waals surface area contributed by atoms with Crippen LogP contribution in [-0.2, 0) is 0 Å². The molecule has 1 saturated carbocycles. The molecule has 0 aliphatic heterocycles. The van der Waals surface area contributed by atoms with Crippen molar-refractivity contribution in [2.75, 3.05) is 13.2 Å². The lowest BCUT2D eigenvalue weighted by atomic mass is 9.97. The quantitative estimate of drug-likeness (QED) is 0.822. The molecular weight excluding hydrogens is 228 g/mol. The summed E-state index contributed by atoms with van der Waals surface area (Å²) in [4.78, 5) is 0. The summed E-state index contributed by atoms with van der Waals surface area (Å²) in [5.41, 5.74) is 5.09. The molecule has 1 aliphatic carbocycles. The van der Waals surface area contributed by atoms with Crippen molar-refractivity contribution >= 4 is 0 Å². The van der Waals surface area contributed by atoms with E-state index in [9.17, 15) is 13.9 Å². The molecule has 17 heavy (non-hydrogen) atoms. The Hall–Kier alpha value is -1.20. The van der Waals surface area contributed by atoms with E-state index in [4.69, 9.17) is 10.5 Å². The molecule has 1 atom stereocenters. The zero-order valence-corrected chi connectivity index (χ0v) is 9.33. The summed E-state index contributed by atoms with van der Waals surface area (Å²) in [6.45, 7) is -0.247. The third-order valence-electron chi connectivity index (χ3n) is 3.07. The van der Waals surface area contributed by atoms with Crippen LogP contribution in [0.2, 0.25) is 0 Å². The molecule has 0 radical (unpaired) electrons. The van der Waals surface area contributed by atoms with Gasteiger partial charge in [-0.1, -0.05) is 0 Å². The molecule has 0 spiro atoms. The lowest BCUT2D eigenvalue weighted by Crippen LogP contribution is -2.51. The fourth-order valence-corrected chi connectivity index (χ4v) is 1.75. The van der Waals surface area contributed by atoms with Gasteiger partial charge in [0.05, 0.1) is 12.1 Å². The summed E-state index contributed by atoms with van der Waals surface area (Å²) in [6, 6.07) is 2.99. The molecule has 0 aromatic heterocycles. The van der Waals surface area contributed by atoms with Crippen molar-refractivity contribution in [2.45, 2.75) is 18.4 Å². The minimum Gasteiger partial charge on any atom is -0.488 e. The molecular formula is C12H15F2NO2. The SMILES string of the molecule is NC(CO)(COc1cc(F)ccc1F)C1CC1. The van der Waals surface area contributed by atoms with Crippen molar-refractivity contribution < 1.29 is 18.6 Å². The van der Waals surface area contributed by atoms with E-state index in [1.54, 1.807) is 0 Å². The largest absolute Gasteiger partial charge is 0.488 e. The highest BCUT2D eigenvalue weighted by Gasteiger charge is 2.42. The van der Waals surface area contributed by atoms with E-state index in [1.165, 1.54) is 0 Å². The maximum atomic E-state index is 13.3. The summed E-state index contributed by atoms with van der Waals surface area (Å²) >= 11 is 0. The van der Waals surface area contributed by atoms with E-state index in [2.05, 4.69) is 0 Å². The smallest absolute Gasteiger partial charge is 0.165 e. The zero-order valence-electron chi connectivity index (χ0n) is 9.33. The van der Waals surface area contributed by atoms with Gasteiger partial charge in [0.1, 0.15) is 12.4 Å². The Morgan fingerprint density at radius 3 is 2.71 bits per heavy atom. The normalized spacial score (nSPS) is 18.8. The fourth-order valence-electron chi connectivity index (χ4n) is 1.75. The van der Waals surface area contributed by atoms with E-state index in [1.807, 2.05) is 0 Å². The Morgan fingerprint density at radius 2 is 2.12 bits per heavy atom. The summed E-state index contributed by atoms with van der Waals surface area (Å²) in [7, 11) is 0. The number of nitrogens with two attached hydrogens (primary N) is 1. The van der Waals surface area contributed by atoms with Crippen LogP contribution in [0.3, 0.4) is 0 Å². The van der Waals surface area contributed by atoms with E-state index < -0.39 is 17.2 Å². The first-order valence-electron chi connectivity index (χ1n) is 5.53.